The van der Waals surface area contributed by atoms with Gasteiger partial charge in [0, 0.05) is 0 Å². The Bertz CT molecular complexity index is 417. The van der Waals surface area contributed by atoms with E-state index in [-0.39, 0.29) is 5.91 Å². The van der Waals surface area contributed by atoms with Crippen LogP contribution < -0.4 is 11.1 Å². The summed E-state index contributed by atoms with van der Waals surface area (Å²) in [7, 11) is 0. The monoisotopic (exact) mass is 270 g/mol. The lowest BCUT2D eigenvalue weighted by Gasteiger charge is -2.11. The zero-order chi connectivity index (χ0) is 13.5. The second-order valence-corrected chi connectivity index (χ2v) is 4.68. The molecule has 1 heterocycles. The highest BCUT2D eigenvalue weighted by atomic mass is 32.1. The zero-order valence-electron chi connectivity index (χ0n) is 10.6. The number of hydrogen-bond acceptors (Lipinski definition) is 5. The van der Waals surface area contributed by atoms with Crippen LogP contribution in [0.25, 0.3) is 0 Å². The second-order valence-electron chi connectivity index (χ2n) is 3.77. The number of carbonyl (C=O) groups is 2. The van der Waals surface area contributed by atoms with Gasteiger partial charge in [0.15, 0.2) is 0 Å². The lowest BCUT2D eigenvalue weighted by atomic mass is 10.1. The maximum absolute atomic E-state index is 11.8. The molecule has 0 radical (unpaired) electrons. The molecule has 1 amide bonds. The molecule has 18 heavy (non-hydrogen) atoms. The molecule has 0 spiro atoms. The summed E-state index contributed by atoms with van der Waals surface area (Å²) >= 11 is 1.28. The number of nitrogens with two attached hydrogens (primary N) is 1. The van der Waals surface area contributed by atoms with Crippen LogP contribution in [0.1, 0.15) is 37.0 Å². The maximum atomic E-state index is 11.8. The lowest BCUT2D eigenvalue weighted by Crippen LogP contribution is -2.35. The van der Waals surface area contributed by atoms with E-state index in [0.29, 0.717) is 23.6 Å². The molecular weight excluding hydrogens is 252 g/mol. The zero-order valence-corrected chi connectivity index (χ0v) is 11.4. The Morgan fingerprint density at radius 3 is 2.83 bits per heavy atom. The van der Waals surface area contributed by atoms with Crippen molar-refractivity contribution < 1.29 is 14.3 Å². The fourth-order valence-corrected chi connectivity index (χ4v) is 2.20. The molecule has 3 N–H and O–H groups in total. The summed E-state index contributed by atoms with van der Waals surface area (Å²) in [5, 5.41) is 4.89. The maximum Gasteiger partial charge on any atom is 0.341 e. The quantitative estimate of drug-likeness (QED) is 0.775. The van der Waals surface area contributed by atoms with Gasteiger partial charge in [0.1, 0.15) is 5.00 Å². The normalized spacial score (nSPS) is 11.9. The van der Waals surface area contributed by atoms with Gasteiger partial charge in [-0.05, 0) is 24.8 Å². The Labute approximate surface area is 110 Å². The number of rotatable bonds is 6. The van der Waals surface area contributed by atoms with Crippen molar-refractivity contribution in [2.24, 2.45) is 5.73 Å². The summed E-state index contributed by atoms with van der Waals surface area (Å²) in [6.45, 7) is 4.00. The van der Waals surface area contributed by atoms with E-state index in [4.69, 9.17) is 10.5 Å². The molecule has 100 valence electrons. The van der Waals surface area contributed by atoms with E-state index in [0.717, 1.165) is 6.42 Å². The molecule has 0 aliphatic heterocycles. The minimum absolute atomic E-state index is 0.273. The van der Waals surface area contributed by atoms with Crippen molar-refractivity contribution in [2.75, 3.05) is 11.9 Å². The summed E-state index contributed by atoms with van der Waals surface area (Å²) in [6, 6.07) is 1.08. The Kier molecular flexibility index (Phi) is 5.80. The Morgan fingerprint density at radius 2 is 2.22 bits per heavy atom. The summed E-state index contributed by atoms with van der Waals surface area (Å²) < 4.78 is 4.90. The van der Waals surface area contributed by atoms with Gasteiger partial charge in [-0.1, -0.05) is 13.3 Å². The van der Waals surface area contributed by atoms with Crippen LogP contribution in [-0.2, 0) is 9.53 Å². The average Bonchev–Trinajstić information content (AvgIpc) is 2.77. The van der Waals surface area contributed by atoms with Crippen LogP contribution in [-0.4, -0.2) is 24.5 Å². The number of ether oxygens (including phenoxy) is 1. The topological polar surface area (TPSA) is 81.4 Å². The molecule has 0 aromatic carbocycles. The first-order valence-corrected chi connectivity index (χ1v) is 6.79. The first kappa shape index (κ1) is 14.7. The molecule has 0 saturated heterocycles. The fraction of sp³-hybridized carbons (Fsp3) is 0.500. The minimum atomic E-state index is -0.549. The van der Waals surface area contributed by atoms with Gasteiger partial charge in [-0.15, -0.1) is 11.3 Å². The van der Waals surface area contributed by atoms with Crippen molar-refractivity contribution in [1.82, 2.24) is 0 Å². The summed E-state index contributed by atoms with van der Waals surface area (Å²) in [5.41, 5.74) is 6.08. The molecule has 0 unspecified atom stereocenters. The molecule has 1 rings (SSSR count). The molecule has 6 heteroatoms. The van der Waals surface area contributed by atoms with Crippen molar-refractivity contribution >= 4 is 28.2 Å². The van der Waals surface area contributed by atoms with Gasteiger partial charge in [-0.25, -0.2) is 4.79 Å². The van der Waals surface area contributed by atoms with Gasteiger partial charge in [0.05, 0.1) is 18.2 Å². The van der Waals surface area contributed by atoms with Gasteiger partial charge < -0.3 is 15.8 Å². The smallest absolute Gasteiger partial charge is 0.341 e. The molecular formula is C12H18N2O3S. The average molecular weight is 270 g/mol. The predicted octanol–water partition coefficient (Wildman–Crippen LogP) is 1.99. The highest BCUT2D eigenvalue weighted by Gasteiger charge is 2.18. The van der Waals surface area contributed by atoms with Crippen molar-refractivity contribution in [2.45, 2.75) is 32.7 Å². The van der Waals surface area contributed by atoms with Gasteiger partial charge >= 0.3 is 5.97 Å². The molecule has 1 aromatic heterocycles. The lowest BCUT2D eigenvalue weighted by molar-refractivity contribution is -0.117. The second kappa shape index (κ2) is 7.13. The number of amides is 1. The summed E-state index contributed by atoms with van der Waals surface area (Å²) in [4.78, 5) is 23.4. The highest BCUT2D eigenvalue weighted by molar-refractivity contribution is 7.14. The van der Waals surface area contributed by atoms with E-state index in [2.05, 4.69) is 5.32 Å². The van der Waals surface area contributed by atoms with Crippen LogP contribution in [0.15, 0.2) is 11.4 Å². The van der Waals surface area contributed by atoms with Gasteiger partial charge in [-0.2, -0.15) is 0 Å². The van der Waals surface area contributed by atoms with E-state index in [1.807, 2.05) is 6.92 Å². The SMILES string of the molecule is CCC[C@@H](N)C(=O)Nc1sccc1C(=O)OCC. The standard InChI is InChI=1S/C12H18N2O3S/c1-3-5-9(13)10(15)14-11-8(6-7-18-11)12(16)17-4-2/h6-7,9H,3-5,13H2,1-2H3,(H,14,15)/t9-/m1/s1. The number of nitrogens with one attached hydrogen (secondary N) is 1. The number of carbonyl (C=O) groups excluding carboxylic acids is 2. The van der Waals surface area contributed by atoms with Crippen molar-refractivity contribution in [3.05, 3.63) is 17.0 Å². The molecule has 0 saturated carbocycles. The van der Waals surface area contributed by atoms with Gasteiger partial charge in [-0.3, -0.25) is 4.79 Å². The van der Waals surface area contributed by atoms with Crippen molar-refractivity contribution in [3.63, 3.8) is 0 Å². The van der Waals surface area contributed by atoms with Gasteiger partial charge in [0.2, 0.25) is 5.91 Å². The van der Waals surface area contributed by atoms with Crippen LogP contribution >= 0.6 is 11.3 Å². The molecule has 0 aliphatic rings. The van der Waals surface area contributed by atoms with Crippen LogP contribution in [0, 0.1) is 0 Å². The summed E-state index contributed by atoms with van der Waals surface area (Å²) in [5.74, 6) is -0.706. The Morgan fingerprint density at radius 1 is 1.50 bits per heavy atom. The van der Waals surface area contributed by atoms with E-state index >= 15 is 0 Å². The molecule has 0 aliphatic carbocycles. The fourth-order valence-electron chi connectivity index (χ4n) is 1.42. The third-order valence-electron chi connectivity index (χ3n) is 2.33. The number of hydrogen-bond donors (Lipinski definition) is 2. The van der Waals surface area contributed by atoms with Crippen LogP contribution in [0.5, 0.6) is 0 Å². The molecule has 1 aromatic rings. The molecule has 1 atom stereocenters. The van der Waals surface area contributed by atoms with Crippen LogP contribution in [0.4, 0.5) is 5.00 Å². The number of anilines is 1. The van der Waals surface area contributed by atoms with Crippen LogP contribution in [0.3, 0.4) is 0 Å². The summed E-state index contributed by atoms with van der Waals surface area (Å²) in [6.07, 6.45) is 1.45. The number of esters is 1. The first-order chi connectivity index (χ1) is 8.60. The minimum Gasteiger partial charge on any atom is -0.462 e. The van der Waals surface area contributed by atoms with E-state index in [1.54, 1.807) is 18.4 Å². The highest BCUT2D eigenvalue weighted by Crippen LogP contribution is 2.24. The molecule has 5 nitrogen and oxygen atoms in total. The third-order valence-corrected chi connectivity index (χ3v) is 3.16. The number of thiophene rings is 1. The van der Waals surface area contributed by atoms with Gasteiger partial charge in [0.25, 0.3) is 0 Å². The predicted molar refractivity (Wildman–Crippen MR) is 71.8 cm³/mol. The van der Waals surface area contributed by atoms with Crippen LogP contribution in [0.2, 0.25) is 0 Å². The first-order valence-electron chi connectivity index (χ1n) is 5.91. The van der Waals surface area contributed by atoms with E-state index in [9.17, 15) is 9.59 Å². The Hall–Kier alpha value is -1.40. The molecule has 0 fully saturated rings. The van der Waals surface area contributed by atoms with Crippen molar-refractivity contribution in [1.29, 1.82) is 0 Å². The van der Waals surface area contributed by atoms with E-state index < -0.39 is 12.0 Å². The largest absolute Gasteiger partial charge is 0.462 e. The Balaban J connectivity index is 2.70. The van der Waals surface area contributed by atoms with Crippen molar-refractivity contribution in [3.8, 4) is 0 Å². The molecule has 0 bridgehead atoms. The third kappa shape index (κ3) is 3.82. The van der Waals surface area contributed by atoms with E-state index in [1.165, 1.54) is 11.3 Å².